The maximum Gasteiger partial charge on any atom is 0.255 e. The third-order valence-corrected chi connectivity index (χ3v) is 4.47. The zero-order valence-corrected chi connectivity index (χ0v) is 15.9. The van der Waals surface area contributed by atoms with Gasteiger partial charge in [0.25, 0.3) is 5.91 Å². The van der Waals surface area contributed by atoms with Gasteiger partial charge in [-0.1, -0.05) is 6.07 Å². The monoisotopic (exact) mass is 381 g/mol. The first-order valence-corrected chi connectivity index (χ1v) is 9.07. The van der Waals surface area contributed by atoms with Crippen molar-refractivity contribution >= 4 is 34.8 Å². The van der Waals surface area contributed by atoms with Crippen LogP contribution in [0.2, 0.25) is 0 Å². The molecule has 1 aliphatic rings. The maximum atomic E-state index is 12.8. The molecule has 0 spiro atoms. The van der Waals surface area contributed by atoms with Crippen molar-refractivity contribution in [3.8, 4) is 0 Å². The van der Waals surface area contributed by atoms with Crippen LogP contribution < -0.4 is 10.6 Å². The summed E-state index contributed by atoms with van der Waals surface area (Å²) in [5, 5.41) is 5.93. The largest absolute Gasteiger partial charge is 0.354 e. The fourth-order valence-electron chi connectivity index (χ4n) is 3.08. The Hall–Kier alpha value is -3.42. The molecule has 0 radical (unpaired) electrons. The van der Waals surface area contributed by atoms with E-state index in [1.54, 1.807) is 40.4 Å². The quantitative estimate of drug-likeness (QED) is 0.846. The van der Waals surface area contributed by atoms with E-state index in [-0.39, 0.29) is 17.7 Å². The Morgan fingerprint density at radius 1 is 0.893 bits per heavy atom. The summed E-state index contributed by atoms with van der Waals surface area (Å²) in [5.41, 5.74) is 2.61. The summed E-state index contributed by atoms with van der Waals surface area (Å²) >= 11 is 0. The van der Waals surface area contributed by atoms with Gasteiger partial charge in [0, 0.05) is 57.6 Å². The second-order valence-corrected chi connectivity index (χ2v) is 6.65. The molecule has 2 heterocycles. The van der Waals surface area contributed by atoms with Crippen molar-refractivity contribution in [2.75, 3.05) is 36.8 Å². The molecule has 0 saturated carbocycles. The minimum atomic E-state index is -0.142. The van der Waals surface area contributed by atoms with Crippen LogP contribution in [-0.2, 0) is 9.59 Å². The minimum Gasteiger partial charge on any atom is -0.354 e. The van der Waals surface area contributed by atoms with Crippen LogP contribution in [0, 0.1) is 0 Å². The second-order valence-electron chi connectivity index (χ2n) is 6.65. The number of piperazine rings is 1. The summed E-state index contributed by atoms with van der Waals surface area (Å²) < 4.78 is 0. The Morgan fingerprint density at radius 3 is 2.25 bits per heavy atom. The SMILES string of the molecule is CC(=O)Nc1cccc(Nc2cncc(C(=O)N3CCN(C(C)=O)CC3)c2)c1. The number of rotatable bonds is 4. The number of hydrogen-bond acceptors (Lipinski definition) is 5. The van der Waals surface area contributed by atoms with Gasteiger partial charge in [0.1, 0.15) is 0 Å². The second kappa shape index (κ2) is 8.51. The van der Waals surface area contributed by atoms with Gasteiger partial charge in [-0.2, -0.15) is 0 Å². The average molecular weight is 381 g/mol. The van der Waals surface area contributed by atoms with E-state index < -0.39 is 0 Å². The van der Waals surface area contributed by atoms with Crippen molar-refractivity contribution in [3.05, 3.63) is 48.3 Å². The number of nitrogens with one attached hydrogen (secondary N) is 2. The van der Waals surface area contributed by atoms with Crippen molar-refractivity contribution in [1.82, 2.24) is 14.8 Å². The van der Waals surface area contributed by atoms with Crippen LogP contribution >= 0.6 is 0 Å². The van der Waals surface area contributed by atoms with E-state index in [4.69, 9.17) is 0 Å². The molecule has 146 valence electrons. The van der Waals surface area contributed by atoms with E-state index >= 15 is 0 Å². The highest BCUT2D eigenvalue weighted by Gasteiger charge is 2.23. The van der Waals surface area contributed by atoms with E-state index in [1.165, 1.54) is 13.8 Å². The van der Waals surface area contributed by atoms with E-state index in [0.29, 0.717) is 43.1 Å². The van der Waals surface area contributed by atoms with Crippen LogP contribution in [0.5, 0.6) is 0 Å². The van der Waals surface area contributed by atoms with Gasteiger partial charge in [-0.15, -0.1) is 0 Å². The van der Waals surface area contributed by atoms with Gasteiger partial charge in [-0.3, -0.25) is 19.4 Å². The molecule has 2 aromatic rings. The molecule has 0 bridgehead atoms. The molecule has 0 unspecified atom stereocenters. The lowest BCUT2D eigenvalue weighted by atomic mass is 10.2. The summed E-state index contributed by atoms with van der Waals surface area (Å²) in [6, 6.07) is 9.03. The maximum absolute atomic E-state index is 12.8. The van der Waals surface area contributed by atoms with Crippen molar-refractivity contribution in [3.63, 3.8) is 0 Å². The average Bonchev–Trinajstić information content (AvgIpc) is 2.67. The topological polar surface area (TPSA) is 94.6 Å². The predicted octanol–water partition coefficient (Wildman–Crippen LogP) is 2.09. The molecule has 1 aliphatic heterocycles. The number of carbonyl (C=O) groups excluding carboxylic acids is 3. The minimum absolute atomic E-state index is 0.0291. The van der Waals surface area contributed by atoms with Gasteiger partial charge in [0.2, 0.25) is 11.8 Å². The molecule has 8 heteroatoms. The normalized spacial score (nSPS) is 13.8. The Morgan fingerprint density at radius 2 is 1.57 bits per heavy atom. The van der Waals surface area contributed by atoms with Crippen LogP contribution in [0.1, 0.15) is 24.2 Å². The first-order valence-electron chi connectivity index (χ1n) is 9.07. The fraction of sp³-hybridized carbons (Fsp3) is 0.300. The molecule has 28 heavy (non-hydrogen) atoms. The van der Waals surface area contributed by atoms with E-state index in [0.717, 1.165) is 5.69 Å². The molecule has 1 fully saturated rings. The molecular formula is C20H23N5O3. The van der Waals surface area contributed by atoms with Crippen molar-refractivity contribution in [1.29, 1.82) is 0 Å². The lowest BCUT2D eigenvalue weighted by molar-refractivity contribution is -0.130. The Kier molecular flexibility index (Phi) is 5.88. The van der Waals surface area contributed by atoms with Gasteiger partial charge in [0.15, 0.2) is 0 Å². The van der Waals surface area contributed by atoms with Crippen molar-refractivity contribution in [2.45, 2.75) is 13.8 Å². The molecule has 2 N–H and O–H groups in total. The molecule has 3 amide bonds. The number of aromatic nitrogens is 1. The number of amides is 3. The summed E-state index contributed by atoms with van der Waals surface area (Å²) in [7, 11) is 0. The summed E-state index contributed by atoms with van der Waals surface area (Å²) in [6.45, 7) is 5.10. The highest BCUT2D eigenvalue weighted by molar-refractivity contribution is 5.95. The van der Waals surface area contributed by atoms with Gasteiger partial charge in [0.05, 0.1) is 17.4 Å². The van der Waals surface area contributed by atoms with Gasteiger partial charge >= 0.3 is 0 Å². The van der Waals surface area contributed by atoms with Crippen LogP contribution in [0.15, 0.2) is 42.7 Å². The number of anilines is 3. The van der Waals surface area contributed by atoms with Crippen molar-refractivity contribution < 1.29 is 14.4 Å². The van der Waals surface area contributed by atoms with Gasteiger partial charge in [-0.25, -0.2) is 0 Å². The van der Waals surface area contributed by atoms with E-state index in [1.807, 2.05) is 12.1 Å². The Bertz CT molecular complexity index is 891. The van der Waals surface area contributed by atoms with Gasteiger partial charge in [-0.05, 0) is 24.3 Å². The molecular weight excluding hydrogens is 358 g/mol. The van der Waals surface area contributed by atoms with Crippen LogP contribution in [0.3, 0.4) is 0 Å². The molecule has 1 aromatic heterocycles. The summed E-state index contributed by atoms with van der Waals surface area (Å²) in [6.07, 6.45) is 3.17. The first kappa shape index (κ1) is 19.3. The predicted molar refractivity (Wildman–Crippen MR) is 106 cm³/mol. The smallest absolute Gasteiger partial charge is 0.255 e. The van der Waals surface area contributed by atoms with Crippen molar-refractivity contribution in [2.24, 2.45) is 0 Å². The number of benzene rings is 1. The number of nitrogens with zero attached hydrogens (tertiary/aromatic N) is 3. The summed E-state index contributed by atoms with van der Waals surface area (Å²) in [4.78, 5) is 43.0. The highest BCUT2D eigenvalue weighted by atomic mass is 16.2. The fourth-order valence-corrected chi connectivity index (χ4v) is 3.08. The number of pyridine rings is 1. The number of carbonyl (C=O) groups is 3. The Balaban J connectivity index is 1.68. The third-order valence-electron chi connectivity index (χ3n) is 4.47. The zero-order chi connectivity index (χ0) is 20.1. The molecule has 1 aromatic carbocycles. The molecule has 0 atom stereocenters. The zero-order valence-electron chi connectivity index (χ0n) is 15.9. The van der Waals surface area contributed by atoms with E-state index in [9.17, 15) is 14.4 Å². The molecule has 1 saturated heterocycles. The molecule has 3 rings (SSSR count). The lowest BCUT2D eigenvalue weighted by Crippen LogP contribution is -2.50. The Labute approximate surface area is 163 Å². The molecule has 8 nitrogen and oxygen atoms in total. The highest BCUT2D eigenvalue weighted by Crippen LogP contribution is 2.21. The molecule has 0 aliphatic carbocycles. The van der Waals surface area contributed by atoms with E-state index in [2.05, 4.69) is 15.6 Å². The number of hydrogen-bond donors (Lipinski definition) is 2. The lowest BCUT2D eigenvalue weighted by Gasteiger charge is -2.34. The summed E-state index contributed by atoms with van der Waals surface area (Å²) in [5.74, 6) is -0.218. The van der Waals surface area contributed by atoms with Crippen LogP contribution in [-0.4, -0.2) is 58.7 Å². The van der Waals surface area contributed by atoms with Crippen LogP contribution in [0.4, 0.5) is 17.1 Å². The third kappa shape index (κ3) is 4.85. The van der Waals surface area contributed by atoms with Crippen LogP contribution in [0.25, 0.3) is 0 Å². The van der Waals surface area contributed by atoms with Gasteiger partial charge < -0.3 is 20.4 Å². The first-order chi connectivity index (χ1) is 13.4. The standard InChI is InChI=1S/C20H23N5O3/c1-14(26)22-17-4-3-5-18(11-17)23-19-10-16(12-21-13-19)20(28)25-8-6-24(7-9-25)15(2)27/h3-5,10-13,23H,6-9H2,1-2H3,(H,22,26).